The van der Waals surface area contributed by atoms with Gasteiger partial charge in [-0.05, 0) is 12.5 Å². The summed E-state index contributed by atoms with van der Waals surface area (Å²) in [4.78, 5) is 23.4. The van der Waals surface area contributed by atoms with Gasteiger partial charge in [0.25, 0.3) is 0 Å². The van der Waals surface area contributed by atoms with Gasteiger partial charge in [0.05, 0.1) is 25.9 Å². The molecule has 0 radical (unpaired) electrons. The van der Waals surface area contributed by atoms with Crippen molar-refractivity contribution in [3.63, 3.8) is 0 Å². The zero-order valence-electron chi connectivity index (χ0n) is 11.2. The van der Waals surface area contributed by atoms with E-state index >= 15 is 0 Å². The molecule has 6 heteroatoms. The van der Waals surface area contributed by atoms with Crippen molar-refractivity contribution in [2.75, 3.05) is 13.7 Å². The largest absolute Gasteiger partial charge is 0.516 e. The molecule has 1 saturated carbocycles. The molecule has 0 amide bonds. The van der Waals surface area contributed by atoms with Gasteiger partial charge in [-0.2, -0.15) is 0 Å². The molecule has 0 spiro atoms. The van der Waals surface area contributed by atoms with Crippen molar-refractivity contribution in [1.29, 1.82) is 0 Å². The van der Waals surface area contributed by atoms with Gasteiger partial charge in [-0.15, -0.1) is 0 Å². The van der Waals surface area contributed by atoms with Crippen LogP contribution in [-0.2, 0) is 19.1 Å². The smallest absolute Gasteiger partial charge is 0.315 e. The lowest BCUT2D eigenvalue weighted by Gasteiger charge is -2.30. The Morgan fingerprint density at radius 3 is 2.74 bits per heavy atom. The molecule has 0 aromatic heterocycles. The fourth-order valence-electron chi connectivity index (χ4n) is 3.27. The third-order valence-corrected chi connectivity index (χ3v) is 4.82. The average Bonchev–Trinajstić information content (AvgIpc) is 2.71. The summed E-state index contributed by atoms with van der Waals surface area (Å²) >= 11 is 0. The van der Waals surface area contributed by atoms with E-state index in [1.807, 2.05) is 0 Å². The predicted molar refractivity (Wildman–Crippen MR) is 64.0 cm³/mol. The van der Waals surface area contributed by atoms with Crippen LogP contribution in [0.4, 0.5) is 0 Å². The Kier molecular flexibility index (Phi) is 3.09. The van der Waals surface area contributed by atoms with E-state index < -0.39 is 34.8 Å². The summed E-state index contributed by atoms with van der Waals surface area (Å²) in [6.45, 7) is 3.44. The average molecular weight is 270 g/mol. The molecular formula is C13H18O6. The van der Waals surface area contributed by atoms with Crippen LogP contribution in [0.2, 0.25) is 0 Å². The molecule has 1 heterocycles. The molecule has 0 aromatic rings. The Labute approximate surface area is 111 Å². The highest BCUT2D eigenvalue weighted by Crippen LogP contribution is 2.62. The topological polar surface area (TPSA) is 93.1 Å². The van der Waals surface area contributed by atoms with E-state index in [9.17, 15) is 19.8 Å². The lowest BCUT2D eigenvalue weighted by atomic mass is 9.68. The monoisotopic (exact) mass is 270 g/mol. The molecular weight excluding hydrogens is 252 g/mol. The summed E-state index contributed by atoms with van der Waals surface area (Å²) in [5.41, 5.74) is -1.50. The summed E-state index contributed by atoms with van der Waals surface area (Å²) in [5.74, 6) is -1.64. The number of fused-ring (bicyclic) bond motifs is 1. The van der Waals surface area contributed by atoms with Gasteiger partial charge in [-0.1, -0.05) is 6.92 Å². The summed E-state index contributed by atoms with van der Waals surface area (Å²) in [6, 6.07) is 0. The zero-order chi connectivity index (χ0) is 14.4. The number of hydrogen-bond acceptors (Lipinski definition) is 6. The number of methoxy groups -OCH3 is 1. The lowest BCUT2D eigenvalue weighted by Crippen LogP contribution is -2.42. The standard InChI is InChI=1S/C13H18O6/c1-12-6-19-11(17)13(12,2)10(16)7(8(12)5-14)4-9(15)18-3/h5,7,10,14,16H,4,6H2,1-3H3/b8-5+/t7-,10+,12-,13-/m0/s1. The number of ether oxygens (including phenoxy) is 2. The molecule has 19 heavy (non-hydrogen) atoms. The maximum atomic E-state index is 11.9. The molecule has 1 aliphatic heterocycles. The molecule has 0 aromatic carbocycles. The summed E-state index contributed by atoms with van der Waals surface area (Å²) in [6.07, 6.45) is -0.294. The quantitative estimate of drug-likeness (QED) is 0.562. The fourth-order valence-corrected chi connectivity index (χ4v) is 3.27. The van der Waals surface area contributed by atoms with Crippen LogP contribution >= 0.6 is 0 Å². The van der Waals surface area contributed by atoms with Crippen molar-refractivity contribution in [1.82, 2.24) is 0 Å². The van der Waals surface area contributed by atoms with E-state index in [2.05, 4.69) is 4.74 Å². The zero-order valence-corrected chi connectivity index (χ0v) is 11.2. The van der Waals surface area contributed by atoms with E-state index in [4.69, 9.17) is 4.74 Å². The molecule has 0 unspecified atom stereocenters. The number of hydrogen-bond donors (Lipinski definition) is 2. The van der Waals surface area contributed by atoms with Gasteiger partial charge in [-0.25, -0.2) is 0 Å². The number of carbonyl (C=O) groups excluding carboxylic acids is 2. The molecule has 0 bridgehead atoms. The Morgan fingerprint density at radius 2 is 2.21 bits per heavy atom. The highest BCUT2D eigenvalue weighted by atomic mass is 16.5. The minimum Gasteiger partial charge on any atom is -0.516 e. The first-order valence-corrected chi connectivity index (χ1v) is 6.09. The second-order valence-corrected chi connectivity index (χ2v) is 5.53. The first kappa shape index (κ1) is 13.9. The highest BCUT2D eigenvalue weighted by molar-refractivity contribution is 5.83. The maximum Gasteiger partial charge on any atom is 0.315 e. The van der Waals surface area contributed by atoms with Crippen LogP contribution in [-0.4, -0.2) is 42.0 Å². The van der Waals surface area contributed by atoms with Gasteiger partial charge in [0.1, 0.15) is 12.0 Å². The van der Waals surface area contributed by atoms with Crippen molar-refractivity contribution in [3.8, 4) is 0 Å². The fraction of sp³-hybridized carbons (Fsp3) is 0.692. The van der Waals surface area contributed by atoms with Crippen molar-refractivity contribution < 1.29 is 29.3 Å². The van der Waals surface area contributed by atoms with Crippen molar-refractivity contribution in [2.24, 2.45) is 16.7 Å². The van der Waals surface area contributed by atoms with Crippen LogP contribution < -0.4 is 0 Å². The molecule has 2 aliphatic rings. The number of aliphatic hydroxyl groups excluding tert-OH is 2. The van der Waals surface area contributed by atoms with Gasteiger partial charge < -0.3 is 19.7 Å². The van der Waals surface area contributed by atoms with Crippen molar-refractivity contribution in [2.45, 2.75) is 26.4 Å². The number of esters is 2. The maximum absolute atomic E-state index is 11.9. The second kappa shape index (κ2) is 4.23. The Bertz CT molecular complexity index is 456. The number of rotatable bonds is 2. The van der Waals surface area contributed by atoms with Crippen LogP contribution in [0.5, 0.6) is 0 Å². The number of cyclic esters (lactones) is 1. The van der Waals surface area contributed by atoms with Gasteiger partial charge in [0.15, 0.2) is 0 Å². The van der Waals surface area contributed by atoms with E-state index in [0.717, 1.165) is 6.26 Å². The lowest BCUT2D eigenvalue weighted by molar-refractivity contribution is -0.153. The summed E-state index contributed by atoms with van der Waals surface area (Å²) in [5, 5.41) is 19.9. The molecule has 106 valence electrons. The molecule has 6 nitrogen and oxygen atoms in total. The van der Waals surface area contributed by atoms with Crippen LogP contribution in [0.25, 0.3) is 0 Å². The van der Waals surface area contributed by atoms with Crippen LogP contribution in [0.3, 0.4) is 0 Å². The SMILES string of the molecule is COC(=O)C[C@H]1/C(=C\O)[C@]2(C)COC(=O)[C@]2(C)[C@@H]1O. The molecule has 1 saturated heterocycles. The van der Waals surface area contributed by atoms with Gasteiger partial charge in [-0.3, -0.25) is 9.59 Å². The second-order valence-electron chi connectivity index (χ2n) is 5.53. The summed E-state index contributed by atoms with van der Waals surface area (Å²) < 4.78 is 9.63. The van der Waals surface area contributed by atoms with Gasteiger partial charge in [0, 0.05) is 11.3 Å². The molecule has 2 rings (SSSR count). The Balaban J connectivity index is 2.45. The van der Waals surface area contributed by atoms with Crippen LogP contribution in [0.1, 0.15) is 20.3 Å². The minimum atomic E-state index is -1.15. The number of carbonyl (C=O) groups is 2. The van der Waals surface area contributed by atoms with Crippen LogP contribution in [0, 0.1) is 16.7 Å². The van der Waals surface area contributed by atoms with E-state index in [1.165, 1.54) is 7.11 Å². The molecule has 2 N–H and O–H groups in total. The van der Waals surface area contributed by atoms with Crippen LogP contribution in [0.15, 0.2) is 11.8 Å². The number of aliphatic hydroxyl groups is 2. The van der Waals surface area contributed by atoms with Gasteiger partial charge in [0.2, 0.25) is 0 Å². The third kappa shape index (κ3) is 1.52. The summed E-state index contributed by atoms with van der Waals surface area (Å²) in [7, 11) is 1.25. The minimum absolute atomic E-state index is 0.0808. The highest BCUT2D eigenvalue weighted by Gasteiger charge is 2.70. The van der Waals surface area contributed by atoms with Crippen molar-refractivity contribution in [3.05, 3.63) is 11.8 Å². The first-order valence-electron chi connectivity index (χ1n) is 6.09. The first-order chi connectivity index (χ1) is 8.82. The van der Waals surface area contributed by atoms with E-state index in [1.54, 1.807) is 13.8 Å². The molecule has 2 fully saturated rings. The molecule has 1 aliphatic carbocycles. The normalized spacial score (nSPS) is 43.2. The molecule has 4 atom stereocenters. The predicted octanol–water partition coefficient (Wildman–Crippen LogP) is 0.551. The van der Waals surface area contributed by atoms with Crippen molar-refractivity contribution >= 4 is 11.9 Å². The van der Waals surface area contributed by atoms with Gasteiger partial charge >= 0.3 is 11.9 Å². The van der Waals surface area contributed by atoms with E-state index in [0.29, 0.717) is 5.57 Å². The third-order valence-electron chi connectivity index (χ3n) is 4.82. The Morgan fingerprint density at radius 1 is 1.58 bits per heavy atom. The Hall–Kier alpha value is -1.56. The van der Waals surface area contributed by atoms with E-state index in [-0.39, 0.29) is 13.0 Å².